The topological polar surface area (TPSA) is 84.2 Å². The van der Waals surface area contributed by atoms with E-state index in [1.54, 1.807) is 0 Å². The number of nitriles is 1. The van der Waals surface area contributed by atoms with Crippen molar-refractivity contribution >= 4 is 34.8 Å². The van der Waals surface area contributed by atoms with Crippen molar-refractivity contribution in [2.75, 3.05) is 11.9 Å². The van der Waals surface area contributed by atoms with Crippen LogP contribution < -0.4 is 14.8 Å². The fourth-order valence-corrected chi connectivity index (χ4v) is 2.91. The maximum Gasteiger partial charge on any atom is 0.419 e. The van der Waals surface area contributed by atoms with Crippen molar-refractivity contribution in [2.24, 2.45) is 0 Å². The summed E-state index contributed by atoms with van der Waals surface area (Å²) in [5.41, 5.74) is -1.23. The molecule has 1 aromatic heterocycles. The summed E-state index contributed by atoms with van der Waals surface area (Å²) in [6.45, 7) is -0.573. The number of rotatable bonds is 6. The number of anilines is 1. The molecule has 0 spiro atoms. The molecule has 0 fully saturated rings. The van der Waals surface area contributed by atoms with Gasteiger partial charge in [0.25, 0.3) is 5.91 Å². The Bertz CT molecular complexity index is 1200. The minimum Gasteiger partial charge on any atom is -0.484 e. The third kappa shape index (κ3) is 6.03. The first-order valence-corrected chi connectivity index (χ1v) is 9.53. The first-order chi connectivity index (χ1) is 15.2. The Balaban J connectivity index is 1.69. The minimum atomic E-state index is -4.67. The quantitative estimate of drug-likeness (QED) is 0.460. The van der Waals surface area contributed by atoms with Crippen LogP contribution in [0.25, 0.3) is 0 Å². The number of hydrogen-bond acceptors (Lipinski definition) is 5. The second-order valence-electron chi connectivity index (χ2n) is 6.24. The monoisotopic (exact) mass is 481 g/mol. The van der Waals surface area contributed by atoms with Gasteiger partial charge in [0.1, 0.15) is 17.2 Å². The zero-order valence-electron chi connectivity index (χ0n) is 15.9. The summed E-state index contributed by atoms with van der Waals surface area (Å²) in [5, 5.41) is 11.7. The van der Waals surface area contributed by atoms with Crippen LogP contribution in [0.5, 0.6) is 17.2 Å². The molecule has 0 bridgehead atoms. The molecule has 1 N–H and O–H groups in total. The van der Waals surface area contributed by atoms with Crippen molar-refractivity contribution in [2.45, 2.75) is 6.18 Å². The summed E-state index contributed by atoms with van der Waals surface area (Å²) in [4.78, 5) is 15.5. The molecule has 164 valence electrons. The van der Waals surface area contributed by atoms with Crippen molar-refractivity contribution in [3.8, 4) is 23.3 Å². The SMILES string of the molecule is N#Cc1cc(Cl)cc(Oc2cc(OCC(=O)Nc3ccncc3C(F)(F)F)ccc2Cl)c1. The summed E-state index contributed by atoms with van der Waals surface area (Å²) in [5.74, 6) is -0.229. The fraction of sp³-hybridized carbons (Fsp3) is 0.0952. The van der Waals surface area contributed by atoms with Crippen molar-refractivity contribution in [3.63, 3.8) is 0 Å². The molecule has 0 aliphatic rings. The summed E-state index contributed by atoms with van der Waals surface area (Å²) in [7, 11) is 0. The highest BCUT2D eigenvalue weighted by molar-refractivity contribution is 6.32. The number of benzene rings is 2. The maximum absolute atomic E-state index is 13.0. The number of pyridine rings is 1. The summed E-state index contributed by atoms with van der Waals surface area (Å²) >= 11 is 12.1. The van der Waals surface area contributed by atoms with Gasteiger partial charge in [-0.3, -0.25) is 9.78 Å². The van der Waals surface area contributed by atoms with Gasteiger partial charge in [-0.15, -0.1) is 0 Å². The molecule has 2 aromatic carbocycles. The number of ether oxygens (including phenoxy) is 2. The van der Waals surface area contributed by atoms with Crippen LogP contribution in [0.2, 0.25) is 10.0 Å². The third-order valence-corrected chi connectivity index (χ3v) is 4.43. The number of carbonyl (C=O) groups is 1. The van der Waals surface area contributed by atoms with Crippen LogP contribution in [0.15, 0.2) is 54.9 Å². The van der Waals surface area contributed by atoms with Crippen LogP contribution in [-0.2, 0) is 11.0 Å². The highest BCUT2D eigenvalue weighted by Gasteiger charge is 2.34. The highest BCUT2D eigenvalue weighted by atomic mass is 35.5. The van der Waals surface area contributed by atoms with Gasteiger partial charge in [0.15, 0.2) is 6.61 Å². The predicted molar refractivity (Wildman–Crippen MR) is 111 cm³/mol. The van der Waals surface area contributed by atoms with E-state index in [4.69, 9.17) is 37.9 Å². The lowest BCUT2D eigenvalue weighted by Crippen LogP contribution is -2.22. The molecule has 11 heteroatoms. The Morgan fingerprint density at radius 3 is 2.62 bits per heavy atom. The van der Waals surface area contributed by atoms with Gasteiger partial charge in [-0.2, -0.15) is 18.4 Å². The van der Waals surface area contributed by atoms with Crippen LogP contribution in [-0.4, -0.2) is 17.5 Å². The normalized spacial score (nSPS) is 10.9. The molecular weight excluding hydrogens is 470 g/mol. The van der Waals surface area contributed by atoms with E-state index in [9.17, 15) is 18.0 Å². The van der Waals surface area contributed by atoms with Crippen molar-refractivity contribution in [3.05, 3.63) is 76.0 Å². The molecule has 3 aromatic rings. The van der Waals surface area contributed by atoms with Crippen LogP contribution >= 0.6 is 23.2 Å². The lowest BCUT2D eigenvalue weighted by atomic mass is 10.2. The standard InChI is InChI=1S/C21H12Cl2F3N3O3/c22-13-5-12(9-27)6-15(7-13)32-19-8-14(1-2-17(19)23)31-11-20(30)29-18-3-4-28-10-16(18)21(24,25)26/h1-8,10H,11H2,(H,28,29,30). The number of amides is 1. The molecule has 0 unspecified atom stereocenters. The number of halogens is 5. The number of nitrogens with one attached hydrogen (secondary N) is 1. The minimum absolute atomic E-state index is 0.157. The number of alkyl halides is 3. The molecule has 6 nitrogen and oxygen atoms in total. The van der Waals surface area contributed by atoms with Gasteiger partial charge >= 0.3 is 6.18 Å². The summed E-state index contributed by atoms with van der Waals surface area (Å²) in [6, 6.07) is 11.7. The van der Waals surface area contributed by atoms with Gasteiger partial charge in [-0.25, -0.2) is 0 Å². The van der Waals surface area contributed by atoms with Gasteiger partial charge in [0, 0.05) is 23.5 Å². The van der Waals surface area contributed by atoms with Gasteiger partial charge in [0.05, 0.1) is 27.9 Å². The number of hydrogen-bond donors (Lipinski definition) is 1. The molecule has 0 aliphatic carbocycles. The first-order valence-electron chi connectivity index (χ1n) is 8.77. The fourth-order valence-electron chi connectivity index (χ4n) is 2.53. The van der Waals surface area contributed by atoms with E-state index in [2.05, 4.69) is 10.3 Å². The smallest absolute Gasteiger partial charge is 0.419 e. The number of nitrogens with zero attached hydrogens (tertiary/aromatic N) is 2. The highest BCUT2D eigenvalue weighted by Crippen LogP contribution is 2.35. The van der Waals surface area contributed by atoms with E-state index < -0.39 is 29.9 Å². The van der Waals surface area contributed by atoms with Crippen LogP contribution in [0.1, 0.15) is 11.1 Å². The van der Waals surface area contributed by atoms with Crippen molar-refractivity contribution < 1.29 is 27.4 Å². The zero-order valence-corrected chi connectivity index (χ0v) is 17.4. The number of aromatic nitrogens is 1. The Labute approximate surface area is 190 Å². The predicted octanol–water partition coefficient (Wildman–Crippen LogP) is 6.09. The molecule has 0 radical (unpaired) electrons. The van der Waals surface area contributed by atoms with E-state index in [0.29, 0.717) is 6.20 Å². The largest absolute Gasteiger partial charge is 0.484 e. The lowest BCUT2D eigenvalue weighted by molar-refractivity contribution is -0.137. The molecule has 0 saturated heterocycles. The molecule has 32 heavy (non-hydrogen) atoms. The van der Waals surface area contributed by atoms with Crippen LogP contribution in [0.3, 0.4) is 0 Å². The Morgan fingerprint density at radius 2 is 1.91 bits per heavy atom. The first kappa shape index (κ1) is 23.2. The van der Waals surface area contributed by atoms with Crippen LogP contribution in [0, 0.1) is 11.3 Å². The summed E-state index contributed by atoms with van der Waals surface area (Å²) in [6.07, 6.45) is -2.93. The molecule has 0 saturated carbocycles. The Morgan fingerprint density at radius 1 is 1.12 bits per heavy atom. The maximum atomic E-state index is 13.0. The van der Waals surface area contributed by atoms with Crippen molar-refractivity contribution in [1.82, 2.24) is 4.98 Å². The zero-order chi connectivity index (χ0) is 23.3. The molecule has 0 aliphatic heterocycles. The Hall–Kier alpha value is -3.48. The van der Waals surface area contributed by atoms with Crippen LogP contribution in [0.4, 0.5) is 18.9 Å². The van der Waals surface area contributed by atoms with E-state index in [-0.39, 0.29) is 32.9 Å². The Kier molecular flexibility index (Phi) is 7.08. The van der Waals surface area contributed by atoms with E-state index >= 15 is 0 Å². The van der Waals surface area contributed by atoms with E-state index in [1.165, 1.54) is 36.4 Å². The molecule has 1 amide bonds. The second-order valence-corrected chi connectivity index (χ2v) is 7.08. The van der Waals surface area contributed by atoms with Gasteiger partial charge in [-0.05, 0) is 36.4 Å². The van der Waals surface area contributed by atoms with E-state index in [1.807, 2.05) is 6.07 Å². The summed E-state index contributed by atoms with van der Waals surface area (Å²) < 4.78 is 50.0. The third-order valence-electron chi connectivity index (χ3n) is 3.90. The average Bonchev–Trinajstić information content (AvgIpc) is 2.73. The molecule has 1 heterocycles. The van der Waals surface area contributed by atoms with E-state index in [0.717, 1.165) is 12.3 Å². The van der Waals surface area contributed by atoms with Gasteiger partial charge in [-0.1, -0.05) is 23.2 Å². The number of carbonyl (C=O) groups excluding carboxylic acids is 1. The second kappa shape index (κ2) is 9.77. The molecule has 3 rings (SSSR count). The average molecular weight is 482 g/mol. The molecule has 0 atom stereocenters. The molecular formula is C21H12Cl2F3N3O3. The van der Waals surface area contributed by atoms with Gasteiger partial charge in [0.2, 0.25) is 0 Å². The van der Waals surface area contributed by atoms with Crippen molar-refractivity contribution in [1.29, 1.82) is 5.26 Å². The lowest BCUT2D eigenvalue weighted by Gasteiger charge is -2.14. The van der Waals surface area contributed by atoms with Gasteiger partial charge < -0.3 is 14.8 Å².